The minimum Gasteiger partial charge on any atom is -0.508 e. The average molecular weight is 356 g/mol. The fourth-order valence-corrected chi connectivity index (χ4v) is 2.68. The number of anilines is 1. The molecule has 0 saturated carbocycles. The third-order valence-electron chi connectivity index (χ3n) is 3.26. The maximum Gasteiger partial charge on any atom is 0.269 e. The lowest BCUT2D eigenvalue weighted by Crippen LogP contribution is -1.91. The van der Waals surface area contributed by atoms with Gasteiger partial charge in [-0.3, -0.25) is 15.5 Å². The van der Waals surface area contributed by atoms with Crippen molar-refractivity contribution in [3.05, 3.63) is 63.5 Å². The lowest BCUT2D eigenvalue weighted by atomic mass is 10.1. The standard InChI is InChI=1S/C16H12N4O4S/c21-13-6-3-11(15(22)7-13)8-17-19-16-18-14(9-25-16)10-1-4-12(5-2-10)20(23)24/h1-9,21-22H,(H,18,19)/b17-8+. The smallest absolute Gasteiger partial charge is 0.269 e. The molecule has 0 bridgehead atoms. The number of benzene rings is 2. The van der Waals surface area contributed by atoms with Crippen LogP contribution in [0.25, 0.3) is 11.3 Å². The number of nitrogens with one attached hydrogen (secondary N) is 1. The summed E-state index contributed by atoms with van der Waals surface area (Å²) in [6, 6.07) is 10.3. The van der Waals surface area contributed by atoms with Crippen molar-refractivity contribution in [2.45, 2.75) is 0 Å². The molecule has 1 heterocycles. The van der Waals surface area contributed by atoms with Crippen molar-refractivity contribution in [1.29, 1.82) is 0 Å². The summed E-state index contributed by atoms with van der Waals surface area (Å²) >= 11 is 1.32. The quantitative estimate of drug-likeness (QED) is 0.365. The maximum absolute atomic E-state index is 10.7. The predicted octanol–water partition coefficient (Wildman–Crippen LogP) is 3.58. The third kappa shape index (κ3) is 3.90. The van der Waals surface area contributed by atoms with Crippen LogP contribution < -0.4 is 5.43 Å². The number of hydrogen-bond donors (Lipinski definition) is 3. The van der Waals surface area contributed by atoms with Crippen molar-refractivity contribution < 1.29 is 15.1 Å². The van der Waals surface area contributed by atoms with Crippen LogP contribution in [0.4, 0.5) is 10.8 Å². The van der Waals surface area contributed by atoms with Crippen LogP contribution in [0, 0.1) is 10.1 Å². The van der Waals surface area contributed by atoms with E-state index < -0.39 is 4.92 Å². The molecule has 9 heteroatoms. The third-order valence-corrected chi connectivity index (χ3v) is 4.00. The summed E-state index contributed by atoms with van der Waals surface area (Å²) in [5, 5.41) is 35.9. The molecule has 2 aromatic carbocycles. The summed E-state index contributed by atoms with van der Waals surface area (Å²) in [7, 11) is 0. The highest BCUT2D eigenvalue weighted by Crippen LogP contribution is 2.26. The van der Waals surface area contributed by atoms with E-state index in [0.717, 1.165) is 5.56 Å². The van der Waals surface area contributed by atoms with E-state index in [4.69, 9.17) is 0 Å². The van der Waals surface area contributed by atoms with Gasteiger partial charge < -0.3 is 10.2 Å². The largest absolute Gasteiger partial charge is 0.508 e. The van der Waals surface area contributed by atoms with Crippen LogP contribution >= 0.6 is 11.3 Å². The number of non-ortho nitro benzene ring substituents is 1. The van der Waals surface area contributed by atoms with E-state index in [1.807, 2.05) is 0 Å². The normalized spacial score (nSPS) is 10.9. The fourth-order valence-electron chi connectivity index (χ4n) is 2.01. The van der Waals surface area contributed by atoms with Crippen LogP contribution in [-0.2, 0) is 0 Å². The van der Waals surface area contributed by atoms with E-state index in [9.17, 15) is 20.3 Å². The molecule has 0 unspecified atom stereocenters. The first-order valence-electron chi connectivity index (χ1n) is 7.04. The highest BCUT2D eigenvalue weighted by atomic mass is 32.1. The lowest BCUT2D eigenvalue weighted by Gasteiger charge is -1.99. The van der Waals surface area contributed by atoms with Crippen LogP contribution in [-0.4, -0.2) is 26.3 Å². The molecule has 3 rings (SSSR count). The van der Waals surface area contributed by atoms with Gasteiger partial charge in [-0.15, -0.1) is 11.3 Å². The Morgan fingerprint density at radius 1 is 1.20 bits per heavy atom. The Hall–Kier alpha value is -3.46. The second-order valence-corrected chi connectivity index (χ2v) is 5.81. The molecule has 3 N–H and O–H groups in total. The van der Waals surface area contributed by atoms with Crippen LogP contribution in [0.3, 0.4) is 0 Å². The van der Waals surface area contributed by atoms with Gasteiger partial charge in [0.2, 0.25) is 5.13 Å². The van der Waals surface area contributed by atoms with E-state index in [-0.39, 0.29) is 17.2 Å². The number of nitro benzene ring substituents is 1. The topological polar surface area (TPSA) is 121 Å². The number of aromatic hydroxyl groups is 2. The molecule has 0 fully saturated rings. The van der Waals surface area contributed by atoms with E-state index >= 15 is 0 Å². The van der Waals surface area contributed by atoms with E-state index in [1.165, 1.54) is 47.9 Å². The maximum atomic E-state index is 10.7. The molecule has 0 aliphatic heterocycles. The second-order valence-electron chi connectivity index (χ2n) is 4.96. The molecular formula is C16H12N4O4S. The molecule has 0 saturated heterocycles. The summed E-state index contributed by atoms with van der Waals surface area (Å²) in [5.74, 6) is -0.119. The molecule has 0 aliphatic carbocycles. The van der Waals surface area contributed by atoms with E-state index in [0.29, 0.717) is 16.4 Å². The fraction of sp³-hybridized carbons (Fsp3) is 0. The number of nitro groups is 1. The molecule has 0 aliphatic rings. The molecule has 3 aromatic rings. The first-order valence-corrected chi connectivity index (χ1v) is 7.92. The highest BCUT2D eigenvalue weighted by Gasteiger charge is 2.08. The number of hydrazone groups is 1. The molecule has 0 atom stereocenters. The number of aromatic nitrogens is 1. The van der Waals surface area contributed by atoms with Crippen molar-refractivity contribution in [3.63, 3.8) is 0 Å². The van der Waals surface area contributed by atoms with Gasteiger partial charge in [0.15, 0.2) is 0 Å². The highest BCUT2D eigenvalue weighted by molar-refractivity contribution is 7.14. The van der Waals surface area contributed by atoms with Crippen molar-refractivity contribution in [2.24, 2.45) is 5.10 Å². The van der Waals surface area contributed by atoms with Gasteiger partial charge in [0, 0.05) is 34.7 Å². The first kappa shape index (κ1) is 16.4. The van der Waals surface area contributed by atoms with E-state index in [1.54, 1.807) is 17.5 Å². The van der Waals surface area contributed by atoms with Crippen LogP contribution in [0.15, 0.2) is 52.9 Å². The van der Waals surface area contributed by atoms with Crippen molar-refractivity contribution in [2.75, 3.05) is 5.43 Å². The zero-order chi connectivity index (χ0) is 17.8. The minimum atomic E-state index is -0.453. The molecule has 25 heavy (non-hydrogen) atoms. The van der Waals surface area contributed by atoms with Crippen LogP contribution in [0.5, 0.6) is 11.5 Å². The zero-order valence-electron chi connectivity index (χ0n) is 12.7. The van der Waals surface area contributed by atoms with Crippen molar-refractivity contribution in [3.8, 4) is 22.8 Å². The summed E-state index contributed by atoms with van der Waals surface area (Å²) < 4.78 is 0. The van der Waals surface area contributed by atoms with Crippen molar-refractivity contribution >= 4 is 28.4 Å². The molecule has 1 aromatic heterocycles. The lowest BCUT2D eigenvalue weighted by molar-refractivity contribution is -0.384. The van der Waals surface area contributed by atoms with Gasteiger partial charge in [0.25, 0.3) is 5.69 Å². The summed E-state index contributed by atoms with van der Waals surface area (Å²) in [5.41, 5.74) is 4.65. The Labute approximate surface area is 145 Å². The second kappa shape index (κ2) is 6.97. The number of phenols is 2. The number of phenolic OH excluding ortho intramolecular Hbond substituents is 2. The van der Waals surface area contributed by atoms with Gasteiger partial charge in [-0.1, -0.05) is 0 Å². The Kier molecular flexibility index (Phi) is 4.57. The van der Waals surface area contributed by atoms with E-state index in [2.05, 4.69) is 15.5 Å². The molecule has 0 amide bonds. The summed E-state index contributed by atoms with van der Waals surface area (Å²) in [6.07, 6.45) is 1.40. The zero-order valence-corrected chi connectivity index (χ0v) is 13.5. The monoisotopic (exact) mass is 356 g/mol. The summed E-state index contributed by atoms with van der Waals surface area (Å²) in [4.78, 5) is 14.6. The van der Waals surface area contributed by atoms with Crippen LogP contribution in [0.1, 0.15) is 5.56 Å². The number of rotatable bonds is 5. The Morgan fingerprint density at radius 3 is 2.64 bits per heavy atom. The Morgan fingerprint density at radius 2 is 1.96 bits per heavy atom. The van der Waals surface area contributed by atoms with Gasteiger partial charge in [-0.05, 0) is 24.3 Å². The van der Waals surface area contributed by atoms with Gasteiger partial charge in [0.1, 0.15) is 11.5 Å². The van der Waals surface area contributed by atoms with Gasteiger partial charge in [0.05, 0.1) is 16.8 Å². The summed E-state index contributed by atoms with van der Waals surface area (Å²) in [6.45, 7) is 0. The molecule has 8 nitrogen and oxygen atoms in total. The molecule has 0 radical (unpaired) electrons. The predicted molar refractivity (Wildman–Crippen MR) is 95.2 cm³/mol. The molecular weight excluding hydrogens is 344 g/mol. The minimum absolute atomic E-state index is 0.0237. The van der Waals surface area contributed by atoms with Crippen molar-refractivity contribution in [1.82, 2.24) is 4.98 Å². The van der Waals surface area contributed by atoms with Gasteiger partial charge in [-0.2, -0.15) is 5.10 Å². The first-order chi connectivity index (χ1) is 12.0. The molecule has 0 spiro atoms. The van der Waals surface area contributed by atoms with Gasteiger partial charge in [-0.25, -0.2) is 4.98 Å². The number of nitrogens with zero attached hydrogens (tertiary/aromatic N) is 3. The van der Waals surface area contributed by atoms with Gasteiger partial charge >= 0.3 is 0 Å². The Balaban J connectivity index is 1.69. The molecule has 126 valence electrons. The SMILES string of the molecule is O=[N+]([O-])c1ccc(-c2csc(N/N=C/c3ccc(O)cc3O)n2)cc1. The van der Waals surface area contributed by atoms with Crippen LogP contribution in [0.2, 0.25) is 0 Å². The Bertz CT molecular complexity index is 938. The number of hydrogen-bond acceptors (Lipinski definition) is 8. The average Bonchev–Trinajstić information content (AvgIpc) is 3.06. The number of thiazole rings is 1.